The molecule has 2 bridgehead atoms. The van der Waals surface area contributed by atoms with Gasteiger partial charge in [-0.1, -0.05) is 50.3 Å². The van der Waals surface area contributed by atoms with E-state index in [1.54, 1.807) is 4.31 Å². The molecule has 1 aliphatic heterocycles. The number of allylic oxidation sites excluding steroid dienone is 1. The van der Waals surface area contributed by atoms with Gasteiger partial charge >= 0.3 is 5.97 Å². The average molecular weight is 474 g/mol. The van der Waals surface area contributed by atoms with Crippen molar-refractivity contribution >= 4 is 22.1 Å². The highest BCUT2D eigenvalue weighted by atomic mass is 32.2. The number of aliphatic hydroxyl groups is 1. The number of methoxy groups -OCH3 is 1. The first kappa shape index (κ1) is 23.1. The molecule has 3 atom stereocenters. The highest BCUT2D eigenvalue weighted by Crippen LogP contribution is 2.71. The van der Waals surface area contributed by atoms with E-state index in [0.717, 1.165) is 19.3 Å². The minimum Gasteiger partial charge on any atom is -0.469 e. The summed E-state index contributed by atoms with van der Waals surface area (Å²) >= 11 is 0. The van der Waals surface area contributed by atoms with E-state index in [9.17, 15) is 18.3 Å². The van der Waals surface area contributed by atoms with Gasteiger partial charge in [-0.3, -0.25) is 4.79 Å². The largest absolute Gasteiger partial charge is 0.469 e. The van der Waals surface area contributed by atoms with Crippen LogP contribution in [-0.4, -0.2) is 55.4 Å². The highest BCUT2D eigenvalue weighted by Gasteiger charge is 2.72. The molecule has 7 heteroatoms. The van der Waals surface area contributed by atoms with Crippen LogP contribution in [0.3, 0.4) is 0 Å². The van der Waals surface area contributed by atoms with Crippen molar-refractivity contribution in [3.8, 4) is 0 Å². The Morgan fingerprint density at radius 1 is 1.18 bits per heavy atom. The molecule has 1 spiro atoms. The van der Waals surface area contributed by atoms with Gasteiger partial charge < -0.3 is 9.84 Å². The van der Waals surface area contributed by atoms with E-state index in [-0.39, 0.29) is 28.9 Å². The Morgan fingerprint density at radius 3 is 2.55 bits per heavy atom. The molecule has 1 N–H and O–H groups in total. The molecule has 0 unspecified atom stereocenters. The summed E-state index contributed by atoms with van der Waals surface area (Å²) in [7, 11) is -2.31. The summed E-state index contributed by atoms with van der Waals surface area (Å²) < 4.78 is 34.1. The standard InChI is InChI=1S/C26H35NO5S/c1-23(2)20-9-11-25(23,26(29,16-20)17-22(28)32-3)18-33(30,31)27-14-12-24(13-15-27)10-8-19-6-4-5-7-21(19)24/h4-8,10,20,29H,9,11-18H2,1-3H3/t20-,25+,26-/m0/s1. The maximum absolute atomic E-state index is 13.8. The number of hydrogen-bond acceptors (Lipinski definition) is 5. The van der Waals surface area contributed by atoms with Gasteiger partial charge in [0.25, 0.3) is 0 Å². The zero-order valence-electron chi connectivity index (χ0n) is 19.8. The third-order valence-electron chi connectivity index (χ3n) is 9.83. The van der Waals surface area contributed by atoms with Crippen molar-refractivity contribution in [3.63, 3.8) is 0 Å². The van der Waals surface area contributed by atoms with E-state index in [1.807, 2.05) is 6.07 Å². The number of piperidine rings is 1. The number of sulfonamides is 1. The summed E-state index contributed by atoms with van der Waals surface area (Å²) in [4.78, 5) is 12.2. The highest BCUT2D eigenvalue weighted by molar-refractivity contribution is 7.89. The zero-order valence-corrected chi connectivity index (χ0v) is 20.7. The van der Waals surface area contributed by atoms with Gasteiger partial charge in [0.15, 0.2) is 0 Å². The van der Waals surface area contributed by atoms with Gasteiger partial charge in [0.1, 0.15) is 0 Å². The molecular formula is C26H35NO5S. The van der Waals surface area contributed by atoms with Crippen LogP contribution in [0.15, 0.2) is 30.3 Å². The quantitative estimate of drug-likeness (QED) is 0.662. The lowest BCUT2D eigenvalue weighted by Gasteiger charge is -2.48. The summed E-state index contributed by atoms with van der Waals surface area (Å²) in [6, 6.07) is 8.36. The number of carbonyl (C=O) groups is 1. The van der Waals surface area contributed by atoms with E-state index in [4.69, 9.17) is 4.74 Å². The fourth-order valence-electron chi connectivity index (χ4n) is 7.67. The van der Waals surface area contributed by atoms with Crippen LogP contribution in [0.1, 0.15) is 63.5 Å². The Kier molecular flexibility index (Phi) is 5.17. The topological polar surface area (TPSA) is 83.9 Å². The van der Waals surface area contributed by atoms with Crippen molar-refractivity contribution < 1.29 is 23.1 Å². The minimum atomic E-state index is -3.62. The Bertz CT molecular complexity index is 1100. The molecule has 4 aliphatic rings. The van der Waals surface area contributed by atoms with E-state index in [1.165, 1.54) is 18.2 Å². The van der Waals surface area contributed by atoms with Crippen molar-refractivity contribution in [2.75, 3.05) is 26.0 Å². The van der Waals surface area contributed by atoms with Gasteiger partial charge in [-0.05, 0) is 54.6 Å². The van der Waals surface area contributed by atoms with E-state index < -0.39 is 27.0 Å². The molecular weight excluding hydrogens is 438 g/mol. The van der Waals surface area contributed by atoms with Gasteiger partial charge in [-0.2, -0.15) is 0 Å². The number of hydrogen-bond donors (Lipinski definition) is 1. The van der Waals surface area contributed by atoms with Crippen LogP contribution in [0.2, 0.25) is 0 Å². The zero-order chi connectivity index (χ0) is 23.7. The normalized spacial score (nSPS) is 34.0. The van der Waals surface area contributed by atoms with Gasteiger partial charge in [0, 0.05) is 23.9 Å². The lowest BCUT2D eigenvalue weighted by Crippen LogP contribution is -2.57. The third kappa shape index (κ3) is 3.18. The molecule has 3 aliphatic carbocycles. The number of benzene rings is 1. The van der Waals surface area contributed by atoms with Crippen LogP contribution in [-0.2, 0) is 25.0 Å². The molecule has 3 fully saturated rings. The number of carbonyl (C=O) groups excluding carboxylic acids is 1. The summed E-state index contributed by atoms with van der Waals surface area (Å²) in [5, 5.41) is 11.7. The predicted molar refractivity (Wildman–Crippen MR) is 127 cm³/mol. The van der Waals surface area contributed by atoms with Crippen molar-refractivity contribution in [1.29, 1.82) is 0 Å². The maximum Gasteiger partial charge on any atom is 0.308 e. The molecule has 180 valence electrons. The molecule has 1 saturated heterocycles. The second-order valence-electron chi connectivity index (χ2n) is 11.3. The SMILES string of the molecule is COC(=O)C[C@@]1(O)C[C@@H]2CC[C@@]1(CS(=O)(=O)N1CCC3(C=Cc4ccccc43)CC1)C2(C)C. The first-order valence-corrected chi connectivity index (χ1v) is 13.7. The van der Waals surface area contributed by atoms with E-state index in [0.29, 0.717) is 25.9 Å². The third-order valence-corrected chi connectivity index (χ3v) is 11.8. The van der Waals surface area contributed by atoms with E-state index >= 15 is 0 Å². The van der Waals surface area contributed by atoms with Crippen LogP contribution < -0.4 is 0 Å². The molecule has 1 aromatic carbocycles. The number of ether oxygens (including phenoxy) is 1. The molecule has 33 heavy (non-hydrogen) atoms. The molecule has 5 rings (SSSR count). The van der Waals surface area contributed by atoms with Crippen molar-refractivity contribution in [3.05, 3.63) is 41.5 Å². The van der Waals surface area contributed by atoms with Gasteiger partial charge in [0.2, 0.25) is 10.0 Å². The molecule has 0 aromatic heterocycles. The fourth-order valence-corrected chi connectivity index (χ4v) is 10.00. The minimum absolute atomic E-state index is 0.0857. The van der Waals surface area contributed by atoms with Gasteiger partial charge in [-0.25, -0.2) is 12.7 Å². The Hall–Kier alpha value is -1.70. The number of rotatable bonds is 5. The molecule has 6 nitrogen and oxygen atoms in total. The first-order chi connectivity index (χ1) is 15.5. The van der Waals surface area contributed by atoms with Crippen molar-refractivity contribution in [1.82, 2.24) is 4.31 Å². The summed E-state index contributed by atoms with van der Waals surface area (Å²) in [6.07, 6.45) is 7.72. The number of nitrogens with zero attached hydrogens (tertiary/aromatic N) is 1. The molecule has 0 radical (unpaired) electrons. The fraction of sp³-hybridized carbons (Fsp3) is 0.654. The van der Waals surface area contributed by atoms with Crippen LogP contribution in [0.25, 0.3) is 6.08 Å². The van der Waals surface area contributed by atoms with Crippen LogP contribution >= 0.6 is 0 Å². The maximum atomic E-state index is 13.8. The van der Waals surface area contributed by atoms with E-state index in [2.05, 4.69) is 44.2 Å². The number of esters is 1. The molecule has 1 heterocycles. The van der Waals surface area contributed by atoms with Crippen LogP contribution in [0, 0.1) is 16.7 Å². The lowest BCUT2D eigenvalue weighted by atomic mass is 9.63. The molecule has 1 aromatic rings. The van der Waals surface area contributed by atoms with Gasteiger partial charge in [0.05, 0.1) is 24.9 Å². The first-order valence-electron chi connectivity index (χ1n) is 12.0. The smallest absolute Gasteiger partial charge is 0.308 e. The number of fused-ring (bicyclic) bond motifs is 4. The Balaban J connectivity index is 1.39. The summed E-state index contributed by atoms with van der Waals surface area (Å²) in [6.45, 7) is 5.08. The molecule has 2 saturated carbocycles. The average Bonchev–Trinajstić information content (AvgIpc) is 3.29. The summed E-state index contributed by atoms with van der Waals surface area (Å²) in [5.41, 5.74) is -0.144. The Labute approximate surface area is 197 Å². The summed E-state index contributed by atoms with van der Waals surface area (Å²) in [5.74, 6) is -0.396. The lowest BCUT2D eigenvalue weighted by molar-refractivity contribution is -0.155. The second-order valence-corrected chi connectivity index (χ2v) is 13.2. The van der Waals surface area contributed by atoms with Gasteiger partial charge in [-0.15, -0.1) is 0 Å². The second kappa shape index (κ2) is 7.40. The van der Waals surface area contributed by atoms with Crippen LogP contribution in [0.5, 0.6) is 0 Å². The predicted octanol–water partition coefficient (Wildman–Crippen LogP) is 3.50. The Morgan fingerprint density at radius 2 is 1.88 bits per heavy atom. The molecule has 0 amide bonds. The monoisotopic (exact) mass is 473 g/mol. The van der Waals surface area contributed by atoms with Crippen molar-refractivity contribution in [2.24, 2.45) is 16.7 Å². The van der Waals surface area contributed by atoms with Crippen LogP contribution in [0.4, 0.5) is 0 Å². The van der Waals surface area contributed by atoms with Crippen molar-refractivity contribution in [2.45, 2.75) is 63.4 Å².